The van der Waals surface area contributed by atoms with Crippen LogP contribution in [0.5, 0.6) is 5.75 Å². The molecule has 42 heavy (non-hydrogen) atoms. The quantitative estimate of drug-likeness (QED) is 0.235. The Labute approximate surface area is 244 Å². The number of carbonyl (C=O) groups excluding carboxylic acids is 1. The molecule has 6 rings (SSSR count). The van der Waals surface area contributed by atoms with Crippen LogP contribution in [0.1, 0.15) is 61.5 Å². The first-order valence-electron chi connectivity index (χ1n) is 14.3. The second kappa shape index (κ2) is 11.3. The van der Waals surface area contributed by atoms with Crippen molar-refractivity contribution in [1.82, 2.24) is 24.3 Å². The molecule has 0 radical (unpaired) electrons. The maximum Gasteiger partial charge on any atom is 0.250 e. The Morgan fingerprint density at radius 1 is 1.07 bits per heavy atom. The minimum absolute atomic E-state index is 0.123. The zero-order valence-electron chi connectivity index (χ0n) is 24.0. The predicted molar refractivity (Wildman–Crippen MR) is 162 cm³/mol. The van der Waals surface area contributed by atoms with Gasteiger partial charge in [-0.25, -0.2) is 14.6 Å². The van der Waals surface area contributed by atoms with Crippen LogP contribution < -0.4 is 15.8 Å². The van der Waals surface area contributed by atoms with Gasteiger partial charge in [-0.15, -0.1) is 0 Å². The number of carbonyl (C=O) groups is 1. The molecular formula is C32H35N7O3. The van der Waals surface area contributed by atoms with Gasteiger partial charge in [0.2, 0.25) is 0 Å². The van der Waals surface area contributed by atoms with Crippen LogP contribution >= 0.6 is 0 Å². The lowest BCUT2D eigenvalue weighted by molar-refractivity contribution is 0.100. The van der Waals surface area contributed by atoms with Gasteiger partial charge in [-0.05, 0) is 80.1 Å². The summed E-state index contributed by atoms with van der Waals surface area (Å²) in [7, 11) is 1.65. The van der Waals surface area contributed by atoms with E-state index in [0.29, 0.717) is 16.9 Å². The van der Waals surface area contributed by atoms with E-state index in [-0.39, 0.29) is 18.1 Å². The molecule has 0 bridgehead atoms. The second-order valence-corrected chi connectivity index (χ2v) is 11.1. The molecular weight excluding hydrogens is 530 g/mol. The van der Waals surface area contributed by atoms with E-state index in [2.05, 4.69) is 24.1 Å². The third-order valence-corrected chi connectivity index (χ3v) is 7.94. The number of imidazole rings is 1. The number of hydrogen-bond donors (Lipinski definition) is 3. The number of fused-ring (bicyclic) bond motifs is 1. The fourth-order valence-corrected chi connectivity index (χ4v) is 5.66. The van der Waals surface area contributed by atoms with Gasteiger partial charge >= 0.3 is 0 Å². The summed E-state index contributed by atoms with van der Waals surface area (Å²) in [6.45, 7) is 4.22. The fourth-order valence-electron chi connectivity index (χ4n) is 5.66. The van der Waals surface area contributed by atoms with Gasteiger partial charge in [-0.3, -0.25) is 4.79 Å². The highest BCUT2D eigenvalue weighted by atomic mass is 16.5. The third-order valence-electron chi connectivity index (χ3n) is 7.94. The van der Waals surface area contributed by atoms with E-state index in [9.17, 15) is 9.90 Å². The maximum absolute atomic E-state index is 12.3. The van der Waals surface area contributed by atoms with Crippen LogP contribution in [-0.2, 0) is 0 Å². The van der Waals surface area contributed by atoms with Crippen LogP contribution in [0.3, 0.4) is 0 Å². The predicted octanol–water partition coefficient (Wildman–Crippen LogP) is 5.22. The first-order valence-corrected chi connectivity index (χ1v) is 14.3. The Balaban J connectivity index is 1.42. The second-order valence-electron chi connectivity index (χ2n) is 11.1. The molecule has 0 atom stereocenters. The topological polar surface area (TPSA) is 133 Å². The number of hydrogen-bond acceptors (Lipinski definition) is 7. The van der Waals surface area contributed by atoms with Gasteiger partial charge < -0.3 is 25.5 Å². The molecule has 3 heterocycles. The summed E-state index contributed by atoms with van der Waals surface area (Å²) >= 11 is 0. The van der Waals surface area contributed by atoms with Crippen molar-refractivity contribution in [3.63, 3.8) is 0 Å². The number of methoxy groups -OCH3 is 1. The number of nitrogens with zero attached hydrogens (tertiary/aromatic N) is 5. The minimum atomic E-state index is -0.499. The van der Waals surface area contributed by atoms with Gasteiger partial charge in [0.1, 0.15) is 5.75 Å². The molecule has 1 aliphatic rings. The molecule has 10 heteroatoms. The molecule has 1 amide bonds. The Morgan fingerprint density at radius 2 is 1.83 bits per heavy atom. The van der Waals surface area contributed by atoms with E-state index in [1.807, 2.05) is 57.9 Å². The number of rotatable bonds is 8. The van der Waals surface area contributed by atoms with Crippen molar-refractivity contribution in [1.29, 1.82) is 0 Å². The van der Waals surface area contributed by atoms with Crippen LogP contribution in [0.15, 0.2) is 67.3 Å². The van der Waals surface area contributed by atoms with Crippen LogP contribution in [0, 0.1) is 0 Å². The molecule has 0 aliphatic heterocycles. The van der Waals surface area contributed by atoms with Gasteiger partial charge in [-0.2, -0.15) is 5.10 Å². The average Bonchev–Trinajstić information content (AvgIpc) is 3.64. The Kier molecular flexibility index (Phi) is 7.38. The molecule has 4 N–H and O–H groups in total. The number of aliphatic hydroxyl groups is 1. The van der Waals surface area contributed by atoms with Crippen molar-refractivity contribution < 1.29 is 14.6 Å². The summed E-state index contributed by atoms with van der Waals surface area (Å²) < 4.78 is 9.12. The van der Waals surface area contributed by atoms with Gasteiger partial charge in [0.15, 0.2) is 5.65 Å². The summed E-state index contributed by atoms with van der Waals surface area (Å²) in [5.74, 6) is 0.418. The molecule has 0 saturated heterocycles. The summed E-state index contributed by atoms with van der Waals surface area (Å²) in [6.07, 6.45) is 8.41. The molecule has 10 nitrogen and oxygen atoms in total. The number of anilines is 1. The molecule has 3 aromatic heterocycles. The highest BCUT2D eigenvalue weighted by Crippen LogP contribution is 2.33. The first kappa shape index (κ1) is 27.5. The molecule has 216 valence electrons. The van der Waals surface area contributed by atoms with Crippen molar-refractivity contribution in [3.8, 4) is 28.4 Å². The van der Waals surface area contributed by atoms with E-state index in [1.165, 1.54) is 0 Å². The molecule has 1 fully saturated rings. The number of aliphatic hydroxyl groups excluding tert-OH is 1. The van der Waals surface area contributed by atoms with Crippen molar-refractivity contribution in [3.05, 3.63) is 78.5 Å². The van der Waals surface area contributed by atoms with E-state index < -0.39 is 5.91 Å². The van der Waals surface area contributed by atoms with E-state index in [4.69, 9.17) is 20.6 Å². The zero-order chi connectivity index (χ0) is 29.4. The van der Waals surface area contributed by atoms with Gasteiger partial charge in [0, 0.05) is 29.7 Å². The van der Waals surface area contributed by atoms with Crippen LogP contribution in [0.4, 0.5) is 5.69 Å². The Morgan fingerprint density at radius 3 is 2.52 bits per heavy atom. The third kappa shape index (κ3) is 5.21. The Hall–Kier alpha value is -4.70. The smallest absolute Gasteiger partial charge is 0.250 e. The highest BCUT2D eigenvalue weighted by molar-refractivity contribution is 5.99. The molecule has 0 spiro atoms. The molecule has 5 aromatic rings. The van der Waals surface area contributed by atoms with Crippen molar-refractivity contribution >= 4 is 22.6 Å². The number of nitrogens with one attached hydrogen (secondary N) is 1. The number of pyridine rings is 1. The maximum atomic E-state index is 12.3. The first-order chi connectivity index (χ1) is 20.3. The van der Waals surface area contributed by atoms with E-state index in [0.717, 1.165) is 65.1 Å². The van der Waals surface area contributed by atoms with Crippen LogP contribution in [-0.4, -0.2) is 54.6 Å². The Bertz CT molecular complexity index is 1730. The van der Waals surface area contributed by atoms with Crippen LogP contribution in [0.2, 0.25) is 0 Å². The normalized spacial score (nSPS) is 17.1. The minimum Gasteiger partial charge on any atom is -0.497 e. The number of ether oxygens (including phenoxy) is 1. The summed E-state index contributed by atoms with van der Waals surface area (Å²) in [6, 6.07) is 15.4. The monoisotopic (exact) mass is 565 g/mol. The number of nitrogens with two attached hydrogens (primary N) is 1. The van der Waals surface area contributed by atoms with Crippen molar-refractivity contribution in [2.45, 2.75) is 57.6 Å². The largest absolute Gasteiger partial charge is 0.497 e. The summed E-state index contributed by atoms with van der Waals surface area (Å²) in [4.78, 5) is 21.7. The van der Waals surface area contributed by atoms with Gasteiger partial charge in [0.25, 0.3) is 5.91 Å². The molecule has 1 saturated carbocycles. The molecule has 2 aromatic carbocycles. The van der Waals surface area contributed by atoms with Gasteiger partial charge in [0.05, 0.1) is 53.3 Å². The van der Waals surface area contributed by atoms with Crippen molar-refractivity contribution in [2.75, 3.05) is 12.4 Å². The van der Waals surface area contributed by atoms with E-state index >= 15 is 0 Å². The number of benzene rings is 2. The standard InChI is InChI=1S/C32H35N7O3/c1-19(2)30-29-28(38-17-27(35-18-38)20-4-11-24(42-3)12-5-20)14-15-34-32(29)39(37-30)22-8-13-25(31(33)41)26(16-22)36-21-6-9-23(40)10-7-21/h4-5,8,11-19,21,23,36,40H,6-7,9-10H2,1-3H3,(H2,33,41). The van der Waals surface area contributed by atoms with Crippen LogP contribution in [0.25, 0.3) is 33.7 Å². The molecule has 0 unspecified atom stereocenters. The number of primary amides is 1. The number of aromatic nitrogens is 5. The number of amides is 1. The fraction of sp³-hybridized carbons (Fsp3) is 0.312. The molecule has 1 aliphatic carbocycles. The van der Waals surface area contributed by atoms with E-state index in [1.54, 1.807) is 25.7 Å². The average molecular weight is 566 g/mol. The summed E-state index contributed by atoms with van der Waals surface area (Å²) in [5.41, 5.74) is 11.9. The lowest BCUT2D eigenvalue weighted by Gasteiger charge is -2.27. The zero-order valence-corrected chi connectivity index (χ0v) is 24.0. The lowest BCUT2D eigenvalue weighted by Crippen LogP contribution is -2.29. The highest BCUT2D eigenvalue weighted by Gasteiger charge is 2.23. The lowest BCUT2D eigenvalue weighted by atomic mass is 9.92. The van der Waals surface area contributed by atoms with Gasteiger partial charge in [-0.1, -0.05) is 13.8 Å². The SMILES string of the molecule is COc1ccc(-c2cn(-c3ccnc4c3c(C(C)C)nn4-c3ccc(C(N)=O)c(NC4CCC(O)CC4)c3)cn2)cc1. The summed E-state index contributed by atoms with van der Waals surface area (Å²) in [5, 5.41) is 19.4. The van der Waals surface area contributed by atoms with Crippen molar-refractivity contribution in [2.24, 2.45) is 5.73 Å².